The first kappa shape index (κ1) is 28.9. The number of nitrogens with one attached hydrogen (secondary N) is 1. The first-order valence-corrected chi connectivity index (χ1v) is 14.3. The molecule has 1 amide bonds. The Bertz CT molecular complexity index is 1840. The molecule has 0 spiro atoms. The molecule has 9 nitrogen and oxygen atoms in total. The summed E-state index contributed by atoms with van der Waals surface area (Å²) in [6.45, 7) is 4.45. The third kappa shape index (κ3) is 5.17. The van der Waals surface area contributed by atoms with Crippen LogP contribution in [0.4, 0.5) is 13.2 Å². The monoisotopic (exact) mass is 612 g/mol. The molecule has 0 radical (unpaired) electrons. The highest BCUT2D eigenvalue weighted by Crippen LogP contribution is 2.37. The maximum atomic E-state index is 16.4. The molecular formula is C30H28ClF3N6O3. The van der Waals surface area contributed by atoms with Gasteiger partial charge in [0.25, 0.3) is 5.56 Å². The number of amides is 1. The van der Waals surface area contributed by atoms with Crippen LogP contribution in [0.25, 0.3) is 11.5 Å². The Morgan fingerprint density at radius 3 is 2.63 bits per heavy atom. The number of rotatable bonds is 5. The lowest BCUT2D eigenvalue weighted by molar-refractivity contribution is -0.120. The third-order valence-corrected chi connectivity index (χ3v) is 8.13. The van der Waals surface area contributed by atoms with Crippen LogP contribution in [0, 0.1) is 17.5 Å². The summed E-state index contributed by atoms with van der Waals surface area (Å²) in [5.74, 6) is -2.65. The molecule has 0 fully saturated rings. The van der Waals surface area contributed by atoms with Crippen molar-refractivity contribution in [3.63, 3.8) is 0 Å². The fourth-order valence-corrected chi connectivity index (χ4v) is 6.08. The topological polar surface area (TPSA) is 104 Å². The Hall–Kier alpha value is -4.19. The standard InChI is InChI=1S/C30H28ClF3N6O3/c1-15(41)37-30(2,3)27-20(33)14-39(38-27)28-24(34)26-17(12-36-28)6-4-5-7-19-11-22(23(31)29(42)40(19)26)43-21-9-8-16-10-18(32)13-35-25(16)21/h10-14,21H,4-9H2,1-3H3,(H,37,41). The van der Waals surface area contributed by atoms with Crippen molar-refractivity contribution < 1.29 is 22.7 Å². The number of hydrogen-bond acceptors (Lipinski definition) is 6. The summed E-state index contributed by atoms with van der Waals surface area (Å²) in [5.41, 5.74) is 0.268. The molecule has 1 aliphatic carbocycles. The zero-order valence-electron chi connectivity index (χ0n) is 23.7. The van der Waals surface area contributed by atoms with E-state index in [1.54, 1.807) is 19.9 Å². The van der Waals surface area contributed by atoms with Crippen LogP contribution in [0.1, 0.15) is 74.3 Å². The Morgan fingerprint density at radius 1 is 1.09 bits per heavy atom. The van der Waals surface area contributed by atoms with Crippen molar-refractivity contribution in [1.29, 1.82) is 0 Å². The van der Waals surface area contributed by atoms with Crippen molar-refractivity contribution in [3.8, 4) is 17.3 Å². The Morgan fingerprint density at radius 2 is 1.86 bits per heavy atom. The van der Waals surface area contributed by atoms with Crippen LogP contribution in [0.3, 0.4) is 0 Å². The van der Waals surface area contributed by atoms with E-state index in [2.05, 4.69) is 20.4 Å². The predicted octanol–water partition coefficient (Wildman–Crippen LogP) is 5.20. The minimum Gasteiger partial charge on any atom is -0.482 e. The van der Waals surface area contributed by atoms with E-state index in [1.165, 1.54) is 23.8 Å². The van der Waals surface area contributed by atoms with Gasteiger partial charge in [0.1, 0.15) is 28.4 Å². The largest absolute Gasteiger partial charge is 0.482 e. The molecule has 0 saturated carbocycles. The van der Waals surface area contributed by atoms with Crippen molar-refractivity contribution >= 4 is 17.5 Å². The van der Waals surface area contributed by atoms with Crippen LogP contribution in [0.5, 0.6) is 5.75 Å². The quantitative estimate of drug-likeness (QED) is 0.332. The summed E-state index contributed by atoms with van der Waals surface area (Å²) >= 11 is 6.57. The minimum atomic E-state index is -1.18. The Labute approximate surface area is 249 Å². The van der Waals surface area contributed by atoms with Crippen molar-refractivity contribution in [2.24, 2.45) is 0 Å². The van der Waals surface area contributed by atoms with Gasteiger partial charge in [-0.2, -0.15) is 5.10 Å². The predicted molar refractivity (Wildman–Crippen MR) is 151 cm³/mol. The van der Waals surface area contributed by atoms with Gasteiger partial charge in [-0.1, -0.05) is 11.6 Å². The molecule has 1 unspecified atom stereocenters. The van der Waals surface area contributed by atoms with Crippen LogP contribution in [0.2, 0.25) is 5.02 Å². The van der Waals surface area contributed by atoms with Crippen molar-refractivity contribution in [2.75, 3.05) is 0 Å². The molecule has 1 aliphatic heterocycles. The lowest BCUT2D eigenvalue weighted by Crippen LogP contribution is -2.40. The van der Waals surface area contributed by atoms with Gasteiger partial charge in [-0.05, 0) is 69.6 Å². The molecule has 13 heteroatoms. The van der Waals surface area contributed by atoms with Gasteiger partial charge < -0.3 is 10.1 Å². The van der Waals surface area contributed by atoms with Crippen LogP contribution in [0.15, 0.2) is 35.5 Å². The normalized spacial score (nSPS) is 16.1. The molecular weight excluding hydrogens is 585 g/mol. The SMILES string of the molecule is CC(=O)NC(C)(C)c1nn(-c2ncc3c(c2F)-n2c(cc(OC4CCc5cc(F)cnc54)c(Cl)c2=O)CCCC3)cc1F. The fourth-order valence-electron chi connectivity index (χ4n) is 5.90. The van der Waals surface area contributed by atoms with E-state index in [4.69, 9.17) is 16.3 Å². The second kappa shape index (κ2) is 10.8. The average Bonchev–Trinajstić information content (AvgIpc) is 3.51. The first-order valence-electron chi connectivity index (χ1n) is 13.9. The number of carbonyl (C=O) groups excluding carboxylic acids is 1. The summed E-state index contributed by atoms with van der Waals surface area (Å²) in [6, 6.07) is 3.05. The zero-order valence-corrected chi connectivity index (χ0v) is 24.4. The molecule has 2 aliphatic rings. The maximum absolute atomic E-state index is 16.4. The lowest BCUT2D eigenvalue weighted by Gasteiger charge is -2.24. The van der Waals surface area contributed by atoms with E-state index in [-0.39, 0.29) is 33.9 Å². The van der Waals surface area contributed by atoms with Crippen LogP contribution >= 0.6 is 11.6 Å². The summed E-state index contributed by atoms with van der Waals surface area (Å²) in [5, 5.41) is 6.59. The zero-order chi connectivity index (χ0) is 30.6. The smallest absolute Gasteiger partial charge is 0.278 e. The summed E-state index contributed by atoms with van der Waals surface area (Å²) in [7, 11) is 0. The highest BCUT2D eigenvalue weighted by atomic mass is 35.5. The molecule has 0 aromatic carbocycles. The van der Waals surface area contributed by atoms with Crippen molar-refractivity contribution in [2.45, 2.75) is 70.9 Å². The second-order valence-electron chi connectivity index (χ2n) is 11.4. The number of carbonyl (C=O) groups is 1. The average molecular weight is 613 g/mol. The van der Waals surface area contributed by atoms with Gasteiger partial charge in [0, 0.05) is 24.9 Å². The van der Waals surface area contributed by atoms with Crippen molar-refractivity contribution in [3.05, 3.63) is 91.8 Å². The molecule has 0 saturated heterocycles. The highest BCUT2D eigenvalue weighted by Gasteiger charge is 2.32. The molecule has 0 bridgehead atoms. The number of pyridine rings is 3. The fraction of sp³-hybridized carbons (Fsp3) is 0.367. The number of halogens is 4. The van der Waals surface area contributed by atoms with Gasteiger partial charge in [-0.15, -0.1) is 0 Å². The molecule has 4 aromatic heterocycles. The first-order chi connectivity index (χ1) is 20.4. The van der Waals surface area contributed by atoms with Crippen LogP contribution in [-0.2, 0) is 29.6 Å². The van der Waals surface area contributed by atoms with E-state index in [9.17, 15) is 14.0 Å². The maximum Gasteiger partial charge on any atom is 0.278 e. The molecule has 43 heavy (non-hydrogen) atoms. The molecule has 1 atom stereocenters. The molecule has 224 valence electrons. The Kier molecular flexibility index (Phi) is 7.27. The molecule has 1 N–H and O–H groups in total. The van der Waals surface area contributed by atoms with Gasteiger partial charge in [0.05, 0.1) is 29.3 Å². The number of nitrogens with zero attached hydrogens (tertiary/aromatic N) is 5. The lowest BCUT2D eigenvalue weighted by atomic mass is 10.0. The number of fused-ring (bicyclic) bond motifs is 4. The van der Waals surface area contributed by atoms with Gasteiger partial charge in [0.2, 0.25) is 5.91 Å². The molecule has 6 rings (SSSR count). The van der Waals surface area contributed by atoms with E-state index in [0.717, 1.165) is 22.6 Å². The van der Waals surface area contributed by atoms with E-state index in [1.807, 2.05) is 0 Å². The van der Waals surface area contributed by atoms with E-state index < -0.39 is 34.7 Å². The Balaban J connectivity index is 1.44. The second-order valence-corrected chi connectivity index (χ2v) is 11.7. The van der Waals surface area contributed by atoms with Gasteiger partial charge >= 0.3 is 0 Å². The number of aromatic nitrogens is 5. The van der Waals surface area contributed by atoms with Gasteiger partial charge in [-0.25, -0.2) is 22.8 Å². The third-order valence-electron chi connectivity index (χ3n) is 7.78. The molecule has 4 aromatic rings. The number of hydrogen-bond donors (Lipinski definition) is 1. The van der Waals surface area contributed by atoms with Crippen LogP contribution in [-0.4, -0.2) is 30.2 Å². The van der Waals surface area contributed by atoms with E-state index >= 15 is 8.78 Å². The summed E-state index contributed by atoms with van der Waals surface area (Å²) in [6.07, 6.45) is 6.45. The van der Waals surface area contributed by atoms with Gasteiger partial charge in [0.15, 0.2) is 17.5 Å². The van der Waals surface area contributed by atoms with Crippen LogP contribution < -0.4 is 15.6 Å². The molecule has 5 heterocycles. The van der Waals surface area contributed by atoms with Crippen molar-refractivity contribution in [1.82, 2.24) is 29.6 Å². The summed E-state index contributed by atoms with van der Waals surface area (Å²) in [4.78, 5) is 33.9. The highest BCUT2D eigenvalue weighted by molar-refractivity contribution is 6.31. The van der Waals surface area contributed by atoms with E-state index in [0.29, 0.717) is 55.5 Å². The van der Waals surface area contributed by atoms with Gasteiger partial charge in [-0.3, -0.25) is 19.1 Å². The minimum absolute atomic E-state index is 0.0416. The summed E-state index contributed by atoms with van der Waals surface area (Å²) < 4.78 is 53.4. The number of ether oxygens (including phenoxy) is 1. The number of aryl methyl sites for hydroxylation is 3.